The number of benzene rings is 1. The Labute approximate surface area is 173 Å². The van der Waals surface area contributed by atoms with E-state index >= 15 is 0 Å². The summed E-state index contributed by atoms with van der Waals surface area (Å²) in [5.41, 5.74) is 3.00. The molecular weight excluding hydrogens is 452 g/mol. The highest BCUT2D eigenvalue weighted by Gasteiger charge is 2.22. The number of aryl methyl sites for hydroxylation is 1. The third-order valence-corrected chi connectivity index (χ3v) is 6.97. The summed E-state index contributed by atoms with van der Waals surface area (Å²) in [6.07, 6.45) is 5.73. The van der Waals surface area contributed by atoms with Gasteiger partial charge < -0.3 is 5.32 Å². The number of halogens is 1. The average Bonchev–Trinajstić information content (AvgIpc) is 3.20. The monoisotopic (exact) mass is 468 g/mol. The molecule has 9 heteroatoms. The molecule has 2 aromatic heterocycles. The third kappa shape index (κ3) is 4.33. The van der Waals surface area contributed by atoms with Crippen molar-refractivity contribution in [3.63, 3.8) is 0 Å². The molecule has 0 aliphatic carbocycles. The first-order valence-corrected chi connectivity index (χ1v) is 11.7. The first kappa shape index (κ1) is 19.5. The number of nitrogens with zero attached hydrogens (tertiary/aromatic N) is 3. The highest BCUT2D eigenvalue weighted by atomic mass is 79.9. The number of carbonyl (C=O) groups excluding carboxylic acids is 1. The maximum absolute atomic E-state index is 12.8. The van der Waals surface area contributed by atoms with E-state index in [4.69, 9.17) is 0 Å². The van der Waals surface area contributed by atoms with Crippen LogP contribution in [0.3, 0.4) is 0 Å². The van der Waals surface area contributed by atoms with Crippen molar-refractivity contribution >= 4 is 62.7 Å². The van der Waals surface area contributed by atoms with Crippen molar-refractivity contribution in [3.05, 3.63) is 51.6 Å². The molecule has 0 aliphatic rings. The lowest BCUT2D eigenvalue weighted by atomic mass is 10.1. The van der Waals surface area contributed by atoms with E-state index in [1.165, 1.54) is 40.6 Å². The highest BCUT2D eigenvalue weighted by molar-refractivity contribution is 9.10. The summed E-state index contributed by atoms with van der Waals surface area (Å²) >= 11 is 7.83. The van der Waals surface area contributed by atoms with Gasteiger partial charge in [-0.3, -0.25) is 9.48 Å². The molecule has 0 spiro atoms. The minimum absolute atomic E-state index is 0.186. The topological polar surface area (TPSA) is 59.8 Å². The minimum atomic E-state index is -0.186. The summed E-state index contributed by atoms with van der Waals surface area (Å²) in [7, 11) is 0. The van der Waals surface area contributed by atoms with Crippen LogP contribution in [0.25, 0.3) is 0 Å². The van der Waals surface area contributed by atoms with E-state index in [2.05, 4.69) is 61.9 Å². The fraction of sp³-hybridized carbons (Fsp3) is 0.235. The summed E-state index contributed by atoms with van der Waals surface area (Å²) in [5.74, 6) is 0.321. The van der Waals surface area contributed by atoms with Crippen molar-refractivity contribution in [2.75, 3.05) is 17.8 Å². The number of carbonyl (C=O) groups is 1. The number of amides is 1. The van der Waals surface area contributed by atoms with Crippen LogP contribution < -0.4 is 5.32 Å². The fourth-order valence-corrected chi connectivity index (χ4v) is 5.04. The van der Waals surface area contributed by atoms with Crippen LogP contribution in [0.1, 0.15) is 21.5 Å². The Morgan fingerprint density at radius 1 is 1.27 bits per heavy atom. The van der Waals surface area contributed by atoms with E-state index in [9.17, 15) is 4.79 Å². The summed E-state index contributed by atoms with van der Waals surface area (Å²) < 4.78 is 7.80. The second kappa shape index (κ2) is 8.60. The van der Waals surface area contributed by atoms with Crippen LogP contribution in [0.2, 0.25) is 0 Å². The molecule has 0 saturated carbocycles. The molecule has 0 bridgehead atoms. The molecule has 3 aromatic rings. The highest BCUT2D eigenvalue weighted by Crippen LogP contribution is 2.33. The second-order valence-corrected chi connectivity index (χ2v) is 9.02. The van der Waals surface area contributed by atoms with Crippen molar-refractivity contribution in [1.29, 1.82) is 0 Å². The third-order valence-electron chi connectivity index (χ3n) is 3.65. The normalized spacial score (nSPS) is 10.9. The van der Waals surface area contributed by atoms with Gasteiger partial charge >= 0.3 is 0 Å². The number of hydrogen-bond donors (Lipinski definition) is 1. The fourth-order valence-electron chi connectivity index (χ4n) is 2.34. The Hall–Kier alpha value is -1.29. The SMILES string of the molecule is CSc1nsc(SC)c1C(=O)Nc1nn(Cc2ccc(C)cc2)cc1Br. The zero-order valence-corrected chi connectivity index (χ0v) is 18.5. The Morgan fingerprint density at radius 3 is 2.65 bits per heavy atom. The number of rotatable bonds is 6. The van der Waals surface area contributed by atoms with Gasteiger partial charge in [0.15, 0.2) is 5.82 Å². The maximum Gasteiger partial charge on any atom is 0.261 e. The number of aromatic nitrogens is 3. The molecule has 5 nitrogen and oxygen atoms in total. The van der Waals surface area contributed by atoms with Crippen molar-refractivity contribution in [2.24, 2.45) is 0 Å². The predicted octanol–water partition coefficient (Wildman–Crippen LogP) is 5.15. The van der Waals surface area contributed by atoms with E-state index in [1.54, 1.807) is 4.68 Å². The van der Waals surface area contributed by atoms with E-state index in [1.807, 2.05) is 18.7 Å². The standard InChI is InChI=1S/C17H17BrN4OS3/c1-10-4-6-11(7-5-10)8-22-9-12(18)14(20-22)19-15(23)13-16(24-2)21-26-17(13)25-3/h4-7,9H,8H2,1-3H3,(H,19,20,23). The molecule has 0 atom stereocenters. The van der Waals surface area contributed by atoms with Gasteiger partial charge in [0.05, 0.1) is 20.8 Å². The van der Waals surface area contributed by atoms with Gasteiger partial charge in [0.25, 0.3) is 5.91 Å². The van der Waals surface area contributed by atoms with E-state index in [0.717, 1.165) is 19.3 Å². The first-order chi connectivity index (χ1) is 12.5. The van der Waals surface area contributed by atoms with Gasteiger partial charge in [0, 0.05) is 6.20 Å². The maximum atomic E-state index is 12.8. The van der Waals surface area contributed by atoms with Crippen LogP contribution in [0.15, 0.2) is 44.2 Å². The molecule has 1 amide bonds. The number of thioether (sulfide) groups is 2. The smallest absolute Gasteiger partial charge is 0.261 e. The first-order valence-electron chi connectivity index (χ1n) is 7.69. The summed E-state index contributed by atoms with van der Waals surface area (Å²) in [4.78, 5) is 12.8. The molecule has 0 aliphatic heterocycles. The van der Waals surface area contributed by atoms with Crippen LogP contribution in [0.4, 0.5) is 5.82 Å². The average molecular weight is 469 g/mol. The Morgan fingerprint density at radius 2 is 2.00 bits per heavy atom. The lowest BCUT2D eigenvalue weighted by molar-refractivity contribution is 0.102. The van der Waals surface area contributed by atoms with Crippen molar-refractivity contribution in [2.45, 2.75) is 22.7 Å². The molecule has 136 valence electrons. The molecule has 0 fully saturated rings. The van der Waals surface area contributed by atoms with Gasteiger partial charge in [-0.15, -0.1) is 23.5 Å². The molecule has 26 heavy (non-hydrogen) atoms. The number of hydrogen-bond acceptors (Lipinski definition) is 6. The van der Waals surface area contributed by atoms with Gasteiger partial charge in [-0.05, 0) is 52.5 Å². The van der Waals surface area contributed by atoms with Gasteiger partial charge in [-0.25, -0.2) is 0 Å². The van der Waals surface area contributed by atoms with Crippen molar-refractivity contribution in [1.82, 2.24) is 14.2 Å². The predicted molar refractivity (Wildman–Crippen MR) is 114 cm³/mol. The quantitative estimate of drug-likeness (QED) is 0.506. The van der Waals surface area contributed by atoms with E-state index in [-0.39, 0.29) is 5.91 Å². The molecule has 0 radical (unpaired) electrons. The lowest BCUT2D eigenvalue weighted by Crippen LogP contribution is -2.14. The minimum Gasteiger partial charge on any atom is -0.304 e. The molecule has 0 saturated heterocycles. The van der Waals surface area contributed by atoms with Crippen LogP contribution in [0.5, 0.6) is 0 Å². The molecule has 3 rings (SSSR count). The van der Waals surface area contributed by atoms with Gasteiger partial charge in [0.1, 0.15) is 5.03 Å². The van der Waals surface area contributed by atoms with Crippen LogP contribution in [-0.4, -0.2) is 32.6 Å². The summed E-state index contributed by atoms with van der Waals surface area (Å²) in [5, 5.41) is 8.14. The molecular formula is C17H17BrN4OS3. The van der Waals surface area contributed by atoms with Crippen molar-refractivity contribution in [3.8, 4) is 0 Å². The Balaban J connectivity index is 1.78. The van der Waals surface area contributed by atoms with Crippen LogP contribution in [-0.2, 0) is 6.54 Å². The Kier molecular flexibility index (Phi) is 6.44. The number of anilines is 1. The zero-order chi connectivity index (χ0) is 18.7. The molecule has 2 heterocycles. The summed E-state index contributed by atoms with van der Waals surface area (Å²) in [6, 6.07) is 8.31. The van der Waals surface area contributed by atoms with Gasteiger partial charge in [0.2, 0.25) is 0 Å². The molecule has 1 N–H and O–H groups in total. The van der Waals surface area contributed by atoms with Crippen LogP contribution >= 0.6 is 51.0 Å². The second-order valence-electron chi connectivity index (χ2n) is 5.52. The van der Waals surface area contributed by atoms with Crippen molar-refractivity contribution < 1.29 is 4.79 Å². The summed E-state index contributed by atoms with van der Waals surface area (Å²) in [6.45, 7) is 2.70. The largest absolute Gasteiger partial charge is 0.304 e. The zero-order valence-electron chi connectivity index (χ0n) is 14.4. The number of nitrogens with one attached hydrogen (secondary N) is 1. The van der Waals surface area contributed by atoms with Gasteiger partial charge in [-0.1, -0.05) is 29.8 Å². The molecule has 0 unspecified atom stereocenters. The van der Waals surface area contributed by atoms with Crippen LogP contribution in [0, 0.1) is 6.92 Å². The lowest BCUT2D eigenvalue weighted by Gasteiger charge is -2.05. The van der Waals surface area contributed by atoms with E-state index in [0.29, 0.717) is 17.9 Å². The molecule has 1 aromatic carbocycles. The Bertz CT molecular complexity index is 899. The van der Waals surface area contributed by atoms with Gasteiger partial charge in [-0.2, -0.15) is 9.47 Å². The van der Waals surface area contributed by atoms with E-state index < -0.39 is 0 Å².